The second kappa shape index (κ2) is 7.28. The second-order valence-corrected chi connectivity index (χ2v) is 5.76. The SMILES string of the molecule is CCCNCCS(=O)c1ccc(Cl)c(Cl)c1. The van der Waals surface area contributed by atoms with Gasteiger partial charge in [-0.15, -0.1) is 0 Å². The van der Waals surface area contributed by atoms with Crippen molar-refractivity contribution in [3.63, 3.8) is 0 Å². The highest BCUT2D eigenvalue weighted by atomic mass is 35.5. The summed E-state index contributed by atoms with van der Waals surface area (Å²) in [6.45, 7) is 3.81. The summed E-state index contributed by atoms with van der Waals surface area (Å²) in [7, 11) is -1.01. The van der Waals surface area contributed by atoms with Crippen molar-refractivity contribution < 1.29 is 4.21 Å². The molecular weight excluding hydrogens is 265 g/mol. The zero-order valence-corrected chi connectivity index (χ0v) is 11.5. The Balaban J connectivity index is 2.50. The fraction of sp³-hybridized carbons (Fsp3) is 0.455. The molecule has 0 radical (unpaired) electrons. The van der Waals surface area contributed by atoms with Gasteiger partial charge in [0.2, 0.25) is 0 Å². The average molecular weight is 280 g/mol. The standard InChI is InChI=1S/C11H15Cl2NOS/c1-2-5-14-6-7-16(15)9-3-4-10(12)11(13)8-9/h3-4,8,14H,2,5-7H2,1H3. The van der Waals surface area contributed by atoms with Crippen LogP contribution in [0.15, 0.2) is 23.1 Å². The van der Waals surface area contributed by atoms with Gasteiger partial charge in [-0.3, -0.25) is 4.21 Å². The number of halogens is 2. The molecule has 0 aliphatic carbocycles. The Hall–Kier alpha value is -0.0900. The Morgan fingerprint density at radius 3 is 2.62 bits per heavy atom. The van der Waals surface area contributed by atoms with Crippen LogP contribution in [0.5, 0.6) is 0 Å². The topological polar surface area (TPSA) is 29.1 Å². The molecule has 0 saturated heterocycles. The van der Waals surface area contributed by atoms with E-state index in [1.807, 2.05) is 0 Å². The van der Waals surface area contributed by atoms with Gasteiger partial charge in [-0.25, -0.2) is 0 Å². The Morgan fingerprint density at radius 2 is 2.00 bits per heavy atom. The highest BCUT2D eigenvalue weighted by molar-refractivity contribution is 7.85. The number of hydrogen-bond donors (Lipinski definition) is 1. The van der Waals surface area contributed by atoms with Crippen LogP contribution in [0.2, 0.25) is 10.0 Å². The van der Waals surface area contributed by atoms with E-state index >= 15 is 0 Å². The number of hydrogen-bond acceptors (Lipinski definition) is 2. The van der Waals surface area contributed by atoms with Crippen molar-refractivity contribution in [3.8, 4) is 0 Å². The first kappa shape index (κ1) is 14.0. The van der Waals surface area contributed by atoms with Gasteiger partial charge < -0.3 is 5.32 Å². The summed E-state index contributed by atoms with van der Waals surface area (Å²) >= 11 is 11.6. The van der Waals surface area contributed by atoms with Gasteiger partial charge >= 0.3 is 0 Å². The first-order valence-corrected chi connectivity index (χ1v) is 7.26. The van der Waals surface area contributed by atoms with Crippen LogP contribution in [-0.2, 0) is 10.8 Å². The minimum Gasteiger partial charge on any atom is -0.316 e. The molecule has 0 aliphatic heterocycles. The summed E-state index contributed by atoms with van der Waals surface area (Å²) in [4.78, 5) is 0.729. The van der Waals surface area contributed by atoms with E-state index in [1.54, 1.807) is 18.2 Å². The minimum atomic E-state index is -1.01. The van der Waals surface area contributed by atoms with Crippen molar-refractivity contribution in [1.82, 2.24) is 5.32 Å². The number of rotatable bonds is 6. The Morgan fingerprint density at radius 1 is 1.25 bits per heavy atom. The third kappa shape index (κ3) is 4.42. The van der Waals surface area contributed by atoms with Crippen molar-refractivity contribution in [2.45, 2.75) is 18.2 Å². The highest BCUT2D eigenvalue weighted by Crippen LogP contribution is 2.24. The summed E-state index contributed by atoms with van der Waals surface area (Å²) in [5, 5.41) is 4.15. The fourth-order valence-electron chi connectivity index (χ4n) is 1.20. The monoisotopic (exact) mass is 279 g/mol. The van der Waals surface area contributed by atoms with Gasteiger partial charge in [0.15, 0.2) is 0 Å². The predicted octanol–water partition coefficient (Wildman–Crippen LogP) is 3.10. The lowest BCUT2D eigenvalue weighted by atomic mass is 10.4. The predicted molar refractivity (Wildman–Crippen MR) is 70.9 cm³/mol. The number of benzene rings is 1. The molecule has 0 fully saturated rings. The van der Waals surface area contributed by atoms with Gasteiger partial charge in [0.25, 0.3) is 0 Å². The molecule has 1 aromatic carbocycles. The Bertz CT molecular complexity index is 371. The lowest BCUT2D eigenvalue weighted by molar-refractivity contribution is 0.669. The van der Waals surface area contributed by atoms with E-state index in [2.05, 4.69) is 12.2 Å². The summed E-state index contributed by atoms with van der Waals surface area (Å²) in [6, 6.07) is 5.10. The molecule has 90 valence electrons. The van der Waals surface area contributed by atoms with E-state index in [4.69, 9.17) is 23.2 Å². The molecule has 1 atom stereocenters. The van der Waals surface area contributed by atoms with Crippen molar-refractivity contribution in [3.05, 3.63) is 28.2 Å². The van der Waals surface area contributed by atoms with E-state index < -0.39 is 10.8 Å². The van der Waals surface area contributed by atoms with Crippen LogP contribution in [0.25, 0.3) is 0 Å². The van der Waals surface area contributed by atoms with Crippen LogP contribution >= 0.6 is 23.2 Å². The molecule has 0 amide bonds. The molecule has 0 aromatic heterocycles. The van der Waals surface area contributed by atoms with Gasteiger partial charge in [0, 0.05) is 17.2 Å². The third-order valence-electron chi connectivity index (χ3n) is 2.04. The quantitative estimate of drug-likeness (QED) is 0.811. The van der Waals surface area contributed by atoms with E-state index in [-0.39, 0.29) is 0 Å². The molecule has 0 saturated carbocycles. The summed E-state index contributed by atoms with van der Waals surface area (Å²) in [5.41, 5.74) is 0. The van der Waals surface area contributed by atoms with Gasteiger partial charge in [0.1, 0.15) is 0 Å². The summed E-state index contributed by atoms with van der Waals surface area (Å²) in [5.74, 6) is 0.595. The van der Waals surface area contributed by atoms with Gasteiger partial charge in [-0.05, 0) is 31.2 Å². The maximum absolute atomic E-state index is 11.8. The molecule has 1 aromatic rings. The third-order valence-corrected chi connectivity index (χ3v) is 4.14. The lowest BCUT2D eigenvalue weighted by Gasteiger charge is -2.04. The molecule has 1 rings (SSSR count). The minimum absolute atomic E-state index is 0.453. The Kier molecular flexibility index (Phi) is 6.36. The van der Waals surface area contributed by atoms with Crippen LogP contribution in [0, 0.1) is 0 Å². The zero-order chi connectivity index (χ0) is 12.0. The molecule has 1 unspecified atom stereocenters. The first-order valence-electron chi connectivity index (χ1n) is 5.19. The molecule has 2 nitrogen and oxygen atoms in total. The zero-order valence-electron chi connectivity index (χ0n) is 9.13. The smallest absolute Gasteiger partial charge is 0.0604 e. The molecular formula is C11H15Cl2NOS. The van der Waals surface area contributed by atoms with Gasteiger partial charge in [-0.1, -0.05) is 30.1 Å². The van der Waals surface area contributed by atoms with E-state index in [1.165, 1.54) is 0 Å². The highest BCUT2D eigenvalue weighted by Gasteiger charge is 2.06. The van der Waals surface area contributed by atoms with E-state index in [0.717, 1.165) is 24.4 Å². The van der Waals surface area contributed by atoms with Gasteiger partial charge in [0.05, 0.1) is 20.8 Å². The molecule has 1 N–H and O–H groups in total. The van der Waals surface area contributed by atoms with Crippen molar-refractivity contribution in [2.75, 3.05) is 18.8 Å². The summed E-state index contributed by atoms with van der Waals surface area (Å²) < 4.78 is 11.8. The first-order chi connectivity index (χ1) is 7.65. The average Bonchev–Trinajstić information content (AvgIpc) is 2.28. The maximum Gasteiger partial charge on any atom is 0.0604 e. The normalized spacial score (nSPS) is 12.7. The van der Waals surface area contributed by atoms with Crippen LogP contribution in [0.4, 0.5) is 0 Å². The summed E-state index contributed by atoms with van der Waals surface area (Å²) in [6.07, 6.45) is 1.08. The lowest BCUT2D eigenvalue weighted by Crippen LogP contribution is -2.21. The molecule has 0 bridgehead atoms. The van der Waals surface area contributed by atoms with Gasteiger partial charge in [-0.2, -0.15) is 0 Å². The molecule has 0 spiro atoms. The molecule has 0 heterocycles. The number of nitrogens with one attached hydrogen (secondary N) is 1. The van der Waals surface area contributed by atoms with E-state index in [0.29, 0.717) is 15.8 Å². The van der Waals surface area contributed by atoms with Crippen molar-refractivity contribution in [2.24, 2.45) is 0 Å². The van der Waals surface area contributed by atoms with Crippen LogP contribution in [0.1, 0.15) is 13.3 Å². The fourth-order valence-corrected chi connectivity index (χ4v) is 2.60. The Labute approximate surface area is 109 Å². The van der Waals surface area contributed by atoms with E-state index in [9.17, 15) is 4.21 Å². The molecule has 5 heteroatoms. The maximum atomic E-state index is 11.8. The largest absolute Gasteiger partial charge is 0.316 e. The molecule has 0 aliphatic rings. The van der Waals surface area contributed by atoms with Crippen LogP contribution < -0.4 is 5.32 Å². The van der Waals surface area contributed by atoms with Crippen LogP contribution in [-0.4, -0.2) is 23.1 Å². The van der Waals surface area contributed by atoms with Crippen molar-refractivity contribution in [1.29, 1.82) is 0 Å². The second-order valence-electron chi connectivity index (χ2n) is 3.38. The molecule has 16 heavy (non-hydrogen) atoms. The van der Waals surface area contributed by atoms with Crippen LogP contribution in [0.3, 0.4) is 0 Å². The van der Waals surface area contributed by atoms with Crippen molar-refractivity contribution >= 4 is 34.0 Å².